The highest BCUT2D eigenvalue weighted by molar-refractivity contribution is 6.29. The zero-order chi connectivity index (χ0) is 19.0. The molecule has 0 saturated carbocycles. The summed E-state index contributed by atoms with van der Waals surface area (Å²) >= 11 is 5.80. The zero-order valence-electron chi connectivity index (χ0n) is 14.7. The number of aromatic carboxylic acids is 1. The van der Waals surface area contributed by atoms with Gasteiger partial charge in [-0.1, -0.05) is 17.7 Å². The summed E-state index contributed by atoms with van der Waals surface area (Å²) in [4.78, 5) is 17.9. The Morgan fingerprint density at radius 1 is 1.19 bits per heavy atom. The minimum absolute atomic E-state index is 0.0124. The van der Waals surface area contributed by atoms with Crippen molar-refractivity contribution in [3.05, 3.63) is 71.3 Å². The Labute approximate surface area is 161 Å². The van der Waals surface area contributed by atoms with Crippen LogP contribution >= 0.6 is 11.6 Å². The maximum atomic E-state index is 11.8. The molecule has 1 aromatic carbocycles. The molecule has 1 aliphatic heterocycles. The average Bonchev–Trinajstić information content (AvgIpc) is 3.13. The molecule has 0 aliphatic carbocycles. The first-order valence-corrected chi connectivity index (χ1v) is 8.94. The Hall–Kier alpha value is -2.99. The largest absolute Gasteiger partial charge is 0.485 e. The molecule has 1 fully saturated rings. The predicted molar refractivity (Wildman–Crippen MR) is 103 cm³/mol. The van der Waals surface area contributed by atoms with Crippen LogP contribution in [0.2, 0.25) is 5.15 Å². The third-order valence-corrected chi connectivity index (χ3v) is 4.84. The van der Waals surface area contributed by atoms with Crippen LogP contribution in [0.5, 0.6) is 5.75 Å². The van der Waals surface area contributed by atoms with Gasteiger partial charge in [-0.3, -0.25) is 0 Å². The molecule has 0 atom stereocenters. The number of anilines is 1. The van der Waals surface area contributed by atoms with Crippen LogP contribution in [0.15, 0.2) is 55.0 Å². The van der Waals surface area contributed by atoms with E-state index in [4.69, 9.17) is 16.3 Å². The lowest BCUT2D eigenvalue weighted by Gasteiger charge is -2.42. The molecule has 0 unspecified atom stereocenters. The smallest absolute Gasteiger partial charge is 0.337 e. The van der Waals surface area contributed by atoms with Crippen molar-refractivity contribution >= 4 is 23.3 Å². The summed E-state index contributed by atoms with van der Waals surface area (Å²) in [5, 5.41) is 10.1. The molecule has 1 saturated heterocycles. The van der Waals surface area contributed by atoms with Gasteiger partial charge in [-0.15, -0.1) is 0 Å². The van der Waals surface area contributed by atoms with Gasteiger partial charge < -0.3 is 19.3 Å². The molecule has 3 heterocycles. The monoisotopic (exact) mass is 383 g/mol. The minimum atomic E-state index is -0.944. The summed E-state index contributed by atoms with van der Waals surface area (Å²) in [6.07, 6.45) is 5.33. The highest BCUT2D eigenvalue weighted by Crippen LogP contribution is 2.35. The Balaban J connectivity index is 1.60. The van der Waals surface area contributed by atoms with E-state index in [-0.39, 0.29) is 11.7 Å². The summed E-state index contributed by atoms with van der Waals surface area (Å²) in [7, 11) is 0. The molecule has 4 rings (SSSR count). The summed E-state index contributed by atoms with van der Waals surface area (Å²) < 4.78 is 7.77. The fourth-order valence-electron chi connectivity index (χ4n) is 3.32. The molecule has 6 nitrogen and oxygen atoms in total. The van der Waals surface area contributed by atoms with Crippen LogP contribution in [0.25, 0.3) is 5.69 Å². The van der Waals surface area contributed by atoms with Gasteiger partial charge in [0.2, 0.25) is 0 Å². The highest BCUT2D eigenvalue weighted by atomic mass is 35.5. The second-order valence-corrected chi connectivity index (χ2v) is 6.87. The van der Waals surface area contributed by atoms with Gasteiger partial charge in [0, 0.05) is 12.4 Å². The minimum Gasteiger partial charge on any atom is -0.485 e. The summed E-state index contributed by atoms with van der Waals surface area (Å²) in [6, 6.07) is 10.8. The molecule has 3 aromatic rings. The third kappa shape index (κ3) is 3.36. The topological polar surface area (TPSA) is 67.6 Å². The van der Waals surface area contributed by atoms with Crippen LogP contribution in [-0.4, -0.2) is 39.8 Å². The second kappa shape index (κ2) is 6.96. The number of carboxylic acids is 1. The first-order chi connectivity index (χ1) is 13.0. The number of pyridine rings is 1. The lowest BCUT2D eigenvalue weighted by molar-refractivity contribution is 0.0697. The van der Waals surface area contributed by atoms with Gasteiger partial charge in [-0.25, -0.2) is 9.78 Å². The first-order valence-electron chi connectivity index (χ1n) is 8.56. The van der Waals surface area contributed by atoms with Gasteiger partial charge in [-0.05, 0) is 42.8 Å². The molecule has 7 heteroatoms. The van der Waals surface area contributed by atoms with Crippen molar-refractivity contribution in [3.8, 4) is 11.4 Å². The molecular formula is C20H18ClN3O3. The molecule has 27 heavy (non-hydrogen) atoms. The van der Waals surface area contributed by atoms with E-state index in [0.717, 1.165) is 11.3 Å². The second-order valence-electron chi connectivity index (χ2n) is 6.48. The predicted octanol–water partition coefficient (Wildman–Crippen LogP) is 3.80. The van der Waals surface area contributed by atoms with E-state index in [1.165, 1.54) is 0 Å². The number of halogens is 1. The SMILES string of the molecule is Cc1ccc(C(=O)O)c(-n2cccc2)c1N1CC(Oc2ccc(Cl)nc2)C1. The van der Waals surface area contributed by atoms with E-state index in [2.05, 4.69) is 9.88 Å². The lowest BCUT2D eigenvalue weighted by Crippen LogP contribution is -2.54. The van der Waals surface area contributed by atoms with Crippen LogP contribution in [-0.2, 0) is 0 Å². The Bertz CT molecular complexity index is 965. The number of carbonyl (C=O) groups is 1. The van der Waals surface area contributed by atoms with Crippen LogP contribution < -0.4 is 9.64 Å². The van der Waals surface area contributed by atoms with Gasteiger partial charge in [0.15, 0.2) is 0 Å². The fraction of sp³-hybridized carbons (Fsp3) is 0.200. The fourth-order valence-corrected chi connectivity index (χ4v) is 3.43. The van der Waals surface area contributed by atoms with E-state index in [1.54, 1.807) is 24.4 Å². The van der Waals surface area contributed by atoms with Crippen LogP contribution in [0.3, 0.4) is 0 Å². The van der Waals surface area contributed by atoms with Gasteiger partial charge in [0.25, 0.3) is 0 Å². The molecule has 0 bridgehead atoms. The van der Waals surface area contributed by atoms with E-state index in [0.29, 0.717) is 29.7 Å². The average molecular weight is 384 g/mol. The molecule has 1 aliphatic rings. The number of benzene rings is 1. The van der Waals surface area contributed by atoms with E-state index >= 15 is 0 Å². The maximum absolute atomic E-state index is 11.8. The van der Waals surface area contributed by atoms with Crippen LogP contribution in [0.4, 0.5) is 5.69 Å². The normalized spacial score (nSPS) is 14.1. The Kier molecular flexibility index (Phi) is 4.49. The van der Waals surface area contributed by atoms with Gasteiger partial charge in [-0.2, -0.15) is 0 Å². The summed E-state index contributed by atoms with van der Waals surface area (Å²) in [5.41, 5.74) is 2.90. The van der Waals surface area contributed by atoms with Gasteiger partial charge >= 0.3 is 5.97 Å². The van der Waals surface area contributed by atoms with E-state index in [9.17, 15) is 9.90 Å². The zero-order valence-corrected chi connectivity index (χ0v) is 15.4. The Morgan fingerprint density at radius 2 is 1.93 bits per heavy atom. The number of hydrogen-bond donors (Lipinski definition) is 1. The lowest BCUT2D eigenvalue weighted by atomic mass is 10.0. The van der Waals surface area contributed by atoms with Crippen LogP contribution in [0.1, 0.15) is 15.9 Å². The van der Waals surface area contributed by atoms with Crippen molar-refractivity contribution in [3.63, 3.8) is 0 Å². The molecule has 0 spiro atoms. The number of rotatable bonds is 5. The van der Waals surface area contributed by atoms with Crippen molar-refractivity contribution in [1.29, 1.82) is 0 Å². The van der Waals surface area contributed by atoms with Crippen molar-refractivity contribution < 1.29 is 14.6 Å². The van der Waals surface area contributed by atoms with Gasteiger partial charge in [0.05, 0.1) is 36.2 Å². The number of ether oxygens (including phenoxy) is 1. The van der Waals surface area contributed by atoms with Crippen molar-refractivity contribution in [2.24, 2.45) is 0 Å². The van der Waals surface area contributed by atoms with E-state index < -0.39 is 5.97 Å². The molecule has 138 valence electrons. The quantitative estimate of drug-likeness (QED) is 0.679. The Morgan fingerprint density at radius 3 is 2.56 bits per heavy atom. The van der Waals surface area contributed by atoms with E-state index in [1.807, 2.05) is 42.1 Å². The maximum Gasteiger partial charge on any atom is 0.337 e. The highest BCUT2D eigenvalue weighted by Gasteiger charge is 2.33. The van der Waals surface area contributed by atoms with Crippen molar-refractivity contribution in [2.45, 2.75) is 13.0 Å². The third-order valence-electron chi connectivity index (χ3n) is 4.61. The van der Waals surface area contributed by atoms with Crippen molar-refractivity contribution in [1.82, 2.24) is 9.55 Å². The van der Waals surface area contributed by atoms with Gasteiger partial charge in [0.1, 0.15) is 17.0 Å². The number of aryl methyl sites for hydroxylation is 1. The molecule has 1 N–H and O–H groups in total. The molecule has 0 radical (unpaired) electrons. The first kappa shape index (κ1) is 17.4. The molecule has 2 aromatic heterocycles. The number of nitrogens with zero attached hydrogens (tertiary/aromatic N) is 3. The van der Waals surface area contributed by atoms with Crippen LogP contribution in [0, 0.1) is 6.92 Å². The molecule has 0 amide bonds. The number of hydrogen-bond acceptors (Lipinski definition) is 4. The summed E-state index contributed by atoms with van der Waals surface area (Å²) in [6.45, 7) is 3.33. The van der Waals surface area contributed by atoms with Crippen molar-refractivity contribution in [2.75, 3.05) is 18.0 Å². The number of aromatic nitrogens is 2. The molecular weight excluding hydrogens is 366 g/mol. The standard InChI is InChI=1S/C20H18ClN3O3/c1-13-4-6-16(20(25)26)19(23-8-2-3-9-23)18(13)24-11-15(12-24)27-14-5-7-17(21)22-10-14/h2-10,15H,11-12H2,1H3,(H,25,26). The number of carboxylic acid groups (broad SMARTS) is 1. The summed E-state index contributed by atoms with van der Waals surface area (Å²) in [5.74, 6) is -0.272.